The van der Waals surface area contributed by atoms with E-state index in [4.69, 9.17) is 10.5 Å². The number of likely N-dealkylation sites (tertiary alicyclic amines) is 1. The van der Waals surface area contributed by atoms with Crippen molar-refractivity contribution in [1.29, 1.82) is 0 Å². The van der Waals surface area contributed by atoms with Gasteiger partial charge in [-0.15, -0.1) is 0 Å². The standard InChI is InChI=1S/C18H25N3O3/c19-11-17(22)21(15-8-9-15)12-16-7-4-10-20(16)18(23)24-13-14-5-2-1-3-6-14/h1-3,5-6,15-16H,4,7-13,19H2/t16-/m0/s1. The number of ether oxygens (including phenoxy) is 1. The molecule has 2 fully saturated rings. The maximum absolute atomic E-state index is 12.4. The molecule has 1 aromatic carbocycles. The van der Waals surface area contributed by atoms with Crippen LogP contribution >= 0.6 is 0 Å². The minimum atomic E-state index is -0.294. The number of carbonyl (C=O) groups excluding carboxylic acids is 2. The molecule has 2 aliphatic rings. The molecule has 0 spiro atoms. The van der Waals surface area contributed by atoms with Crippen LogP contribution in [0.15, 0.2) is 30.3 Å². The van der Waals surface area contributed by atoms with Crippen LogP contribution in [0.4, 0.5) is 4.79 Å². The molecule has 3 rings (SSSR count). The summed E-state index contributed by atoms with van der Waals surface area (Å²) in [6.45, 7) is 1.56. The summed E-state index contributed by atoms with van der Waals surface area (Å²) in [4.78, 5) is 28.1. The minimum absolute atomic E-state index is 0.0259. The van der Waals surface area contributed by atoms with E-state index in [1.165, 1.54) is 0 Å². The minimum Gasteiger partial charge on any atom is -0.445 e. The van der Waals surface area contributed by atoms with E-state index in [1.807, 2.05) is 35.2 Å². The molecule has 1 heterocycles. The topological polar surface area (TPSA) is 75.9 Å². The summed E-state index contributed by atoms with van der Waals surface area (Å²) < 4.78 is 5.45. The van der Waals surface area contributed by atoms with Crippen LogP contribution in [0.2, 0.25) is 0 Å². The van der Waals surface area contributed by atoms with Crippen molar-refractivity contribution in [1.82, 2.24) is 9.80 Å². The molecule has 130 valence electrons. The molecule has 1 atom stereocenters. The van der Waals surface area contributed by atoms with Crippen molar-refractivity contribution in [3.05, 3.63) is 35.9 Å². The highest BCUT2D eigenvalue weighted by Crippen LogP contribution is 2.29. The van der Waals surface area contributed by atoms with Gasteiger partial charge in [0, 0.05) is 19.1 Å². The van der Waals surface area contributed by atoms with Gasteiger partial charge in [0.15, 0.2) is 0 Å². The van der Waals surface area contributed by atoms with Crippen molar-refractivity contribution >= 4 is 12.0 Å². The predicted molar refractivity (Wildman–Crippen MR) is 90.1 cm³/mol. The summed E-state index contributed by atoms with van der Waals surface area (Å²) in [5.74, 6) is -0.0259. The Morgan fingerprint density at radius 3 is 2.62 bits per heavy atom. The highest BCUT2D eigenvalue weighted by Gasteiger charge is 2.37. The molecule has 1 saturated heterocycles. The van der Waals surface area contributed by atoms with Crippen molar-refractivity contribution in [3.8, 4) is 0 Å². The van der Waals surface area contributed by atoms with Crippen LogP contribution < -0.4 is 5.73 Å². The Balaban J connectivity index is 1.56. The summed E-state index contributed by atoms with van der Waals surface area (Å²) in [5.41, 5.74) is 6.49. The number of benzene rings is 1. The smallest absolute Gasteiger partial charge is 0.410 e. The van der Waals surface area contributed by atoms with Gasteiger partial charge in [0.05, 0.1) is 12.6 Å². The zero-order chi connectivity index (χ0) is 16.9. The van der Waals surface area contributed by atoms with Crippen LogP contribution in [0, 0.1) is 0 Å². The molecule has 2 N–H and O–H groups in total. The Morgan fingerprint density at radius 2 is 1.96 bits per heavy atom. The highest BCUT2D eigenvalue weighted by atomic mass is 16.6. The van der Waals surface area contributed by atoms with Gasteiger partial charge in [-0.3, -0.25) is 4.79 Å². The zero-order valence-electron chi connectivity index (χ0n) is 13.9. The first-order chi connectivity index (χ1) is 11.7. The lowest BCUT2D eigenvalue weighted by Crippen LogP contribution is -2.47. The Kier molecular flexibility index (Phi) is 5.35. The second-order valence-electron chi connectivity index (χ2n) is 6.51. The molecular formula is C18H25N3O3. The van der Waals surface area contributed by atoms with E-state index in [0.717, 1.165) is 31.2 Å². The molecule has 0 unspecified atom stereocenters. The quantitative estimate of drug-likeness (QED) is 0.861. The SMILES string of the molecule is NCC(=O)N(C[C@@H]1CCCN1C(=O)OCc1ccccc1)C1CC1. The molecular weight excluding hydrogens is 306 g/mol. The zero-order valence-corrected chi connectivity index (χ0v) is 13.9. The number of nitrogens with zero attached hydrogens (tertiary/aromatic N) is 2. The largest absolute Gasteiger partial charge is 0.445 e. The van der Waals surface area contributed by atoms with Gasteiger partial charge in [0.25, 0.3) is 0 Å². The van der Waals surface area contributed by atoms with Crippen LogP contribution in [0.3, 0.4) is 0 Å². The fourth-order valence-corrected chi connectivity index (χ4v) is 3.25. The lowest BCUT2D eigenvalue weighted by atomic mass is 10.2. The van der Waals surface area contributed by atoms with Gasteiger partial charge in [-0.25, -0.2) is 4.79 Å². The van der Waals surface area contributed by atoms with Crippen LogP contribution in [0.1, 0.15) is 31.2 Å². The van der Waals surface area contributed by atoms with Gasteiger partial charge >= 0.3 is 6.09 Å². The maximum Gasteiger partial charge on any atom is 0.410 e. The lowest BCUT2D eigenvalue weighted by molar-refractivity contribution is -0.131. The molecule has 0 bridgehead atoms. The van der Waals surface area contributed by atoms with Gasteiger partial charge in [-0.2, -0.15) is 0 Å². The Hall–Kier alpha value is -2.08. The Labute approximate surface area is 142 Å². The molecule has 6 nitrogen and oxygen atoms in total. The molecule has 24 heavy (non-hydrogen) atoms. The first-order valence-corrected chi connectivity index (χ1v) is 8.66. The molecule has 1 saturated carbocycles. The third-order valence-corrected chi connectivity index (χ3v) is 4.71. The van der Waals surface area contributed by atoms with Crippen molar-refractivity contribution in [2.45, 2.75) is 44.4 Å². The van der Waals surface area contributed by atoms with E-state index in [0.29, 0.717) is 19.1 Å². The molecule has 1 aliphatic carbocycles. The number of carbonyl (C=O) groups is 2. The third kappa shape index (κ3) is 4.06. The highest BCUT2D eigenvalue weighted by molar-refractivity contribution is 5.79. The summed E-state index contributed by atoms with van der Waals surface area (Å²) in [7, 11) is 0. The van der Waals surface area contributed by atoms with Gasteiger partial charge in [0.1, 0.15) is 6.61 Å². The molecule has 2 amide bonds. The van der Waals surface area contributed by atoms with Gasteiger partial charge in [-0.05, 0) is 31.2 Å². The Bertz CT molecular complexity index is 574. The van der Waals surface area contributed by atoms with E-state index < -0.39 is 0 Å². The van der Waals surface area contributed by atoms with E-state index in [1.54, 1.807) is 4.90 Å². The van der Waals surface area contributed by atoms with Crippen molar-refractivity contribution in [2.24, 2.45) is 5.73 Å². The van der Waals surface area contributed by atoms with Crippen LogP contribution in [0.25, 0.3) is 0 Å². The molecule has 1 aromatic rings. The van der Waals surface area contributed by atoms with Crippen LogP contribution in [0.5, 0.6) is 0 Å². The fraction of sp³-hybridized carbons (Fsp3) is 0.556. The van der Waals surface area contributed by atoms with Gasteiger partial charge in [-0.1, -0.05) is 30.3 Å². The number of amides is 2. The second-order valence-corrected chi connectivity index (χ2v) is 6.51. The maximum atomic E-state index is 12.4. The summed E-state index contributed by atoms with van der Waals surface area (Å²) in [6, 6.07) is 9.99. The van der Waals surface area contributed by atoms with E-state index >= 15 is 0 Å². The monoisotopic (exact) mass is 331 g/mol. The second kappa shape index (κ2) is 7.66. The van der Waals surface area contributed by atoms with E-state index in [2.05, 4.69) is 0 Å². The van der Waals surface area contributed by atoms with E-state index in [9.17, 15) is 9.59 Å². The normalized spacial score (nSPS) is 20.0. The van der Waals surface area contributed by atoms with Crippen LogP contribution in [-0.2, 0) is 16.1 Å². The van der Waals surface area contributed by atoms with Gasteiger partial charge in [0.2, 0.25) is 5.91 Å². The first-order valence-electron chi connectivity index (χ1n) is 8.66. The average molecular weight is 331 g/mol. The first kappa shape index (κ1) is 16.8. The van der Waals surface area contributed by atoms with Crippen LogP contribution in [-0.4, -0.2) is 53.5 Å². The third-order valence-electron chi connectivity index (χ3n) is 4.71. The number of hydrogen-bond donors (Lipinski definition) is 1. The number of nitrogens with two attached hydrogens (primary N) is 1. The molecule has 1 aliphatic heterocycles. The summed E-state index contributed by atoms with van der Waals surface area (Å²) in [6.07, 6.45) is 3.63. The Morgan fingerprint density at radius 1 is 1.21 bits per heavy atom. The fourth-order valence-electron chi connectivity index (χ4n) is 3.25. The lowest BCUT2D eigenvalue weighted by Gasteiger charge is -2.30. The van der Waals surface area contributed by atoms with Crippen molar-refractivity contribution in [3.63, 3.8) is 0 Å². The number of rotatable bonds is 6. The van der Waals surface area contributed by atoms with E-state index in [-0.39, 0.29) is 31.2 Å². The average Bonchev–Trinajstić information content (AvgIpc) is 3.35. The predicted octanol–water partition coefficient (Wildman–Crippen LogP) is 1.74. The molecule has 6 heteroatoms. The van der Waals surface area contributed by atoms with Crippen molar-refractivity contribution in [2.75, 3.05) is 19.6 Å². The van der Waals surface area contributed by atoms with Crippen molar-refractivity contribution < 1.29 is 14.3 Å². The molecule has 0 aromatic heterocycles. The summed E-state index contributed by atoms with van der Waals surface area (Å²) >= 11 is 0. The number of hydrogen-bond acceptors (Lipinski definition) is 4. The summed E-state index contributed by atoms with van der Waals surface area (Å²) in [5, 5.41) is 0. The molecule has 0 radical (unpaired) electrons. The van der Waals surface area contributed by atoms with Gasteiger partial charge < -0.3 is 20.3 Å².